The van der Waals surface area contributed by atoms with Gasteiger partial charge >= 0.3 is 0 Å². The van der Waals surface area contributed by atoms with Gasteiger partial charge in [0.25, 0.3) is 0 Å². The zero-order valence-corrected chi connectivity index (χ0v) is 19.1. The van der Waals surface area contributed by atoms with E-state index in [2.05, 4.69) is 15.6 Å². The fourth-order valence-electron chi connectivity index (χ4n) is 2.77. The number of hydrogen-bond acceptors (Lipinski definition) is 3. The molecule has 1 aliphatic rings. The van der Waals surface area contributed by atoms with Crippen molar-refractivity contribution in [3.8, 4) is 0 Å². The Balaban J connectivity index is 0.00000364. The van der Waals surface area contributed by atoms with Crippen molar-refractivity contribution in [1.29, 1.82) is 0 Å². The summed E-state index contributed by atoms with van der Waals surface area (Å²) in [4.78, 5) is 29.0. The van der Waals surface area contributed by atoms with Gasteiger partial charge in [-0.3, -0.25) is 19.5 Å². The SMILES string of the molecule is CN=C(NCCCc1ccc(Cl)cc1Cl)NCCN1C(=O)CCCC1=O.I. The number of amides is 2. The van der Waals surface area contributed by atoms with Crippen molar-refractivity contribution in [2.45, 2.75) is 32.1 Å². The highest BCUT2D eigenvalue weighted by Crippen LogP contribution is 2.21. The van der Waals surface area contributed by atoms with E-state index in [1.807, 2.05) is 12.1 Å². The van der Waals surface area contributed by atoms with Crippen molar-refractivity contribution in [2.24, 2.45) is 4.99 Å². The number of aryl methyl sites for hydroxylation is 1. The third-order valence-corrected chi connectivity index (χ3v) is 4.75. The first-order valence-corrected chi connectivity index (χ1v) is 9.48. The topological polar surface area (TPSA) is 73.8 Å². The molecular formula is C18H25Cl2IN4O2. The number of piperidine rings is 1. The largest absolute Gasteiger partial charge is 0.356 e. The van der Waals surface area contributed by atoms with E-state index in [4.69, 9.17) is 23.2 Å². The molecular weight excluding hydrogens is 502 g/mol. The van der Waals surface area contributed by atoms with E-state index in [1.54, 1.807) is 13.1 Å². The predicted molar refractivity (Wildman–Crippen MR) is 120 cm³/mol. The van der Waals surface area contributed by atoms with Gasteiger partial charge in [0, 0.05) is 49.6 Å². The second-order valence-corrected chi connectivity index (χ2v) is 6.90. The minimum absolute atomic E-state index is 0. The van der Waals surface area contributed by atoms with E-state index in [0.29, 0.717) is 48.4 Å². The average Bonchev–Trinajstić information content (AvgIpc) is 2.60. The number of carbonyl (C=O) groups excluding carboxylic acids is 2. The molecule has 0 bridgehead atoms. The van der Waals surface area contributed by atoms with Crippen molar-refractivity contribution >= 4 is 65.0 Å². The Hall–Kier alpha value is -1.06. The molecule has 0 aromatic heterocycles. The number of nitrogens with one attached hydrogen (secondary N) is 2. The third-order valence-electron chi connectivity index (χ3n) is 4.17. The lowest BCUT2D eigenvalue weighted by molar-refractivity contribution is -0.147. The summed E-state index contributed by atoms with van der Waals surface area (Å²) in [6.07, 6.45) is 3.27. The van der Waals surface area contributed by atoms with Crippen LogP contribution in [0.4, 0.5) is 0 Å². The van der Waals surface area contributed by atoms with Crippen LogP contribution in [-0.4, -0.2) is 49.4 Å². The number of likely N-dealkylation sites (tertiary alicyclic amines) is 1. The molecule has 0 radical (unpaired) electrons. The number of rotatable bonds is 7. The van der Waals surface area contributed by atoms with Gasteiger partial charge in [-0.05, 0) is 37.0 Å². The number of carbonyl (C=O) groups is 2. The zero-order valence-electron chi connectivity index (χ0n) is 15.3. The van der Waals surface area contributed by atoms with Crippen LogP contribution < -0.4 is 10.6 Å². The molecule has 1 fully saturated rings. The number of guanidine groups is 1. The normalized spacial score (nSPS) is 14.8. The standard InChI is InChI=1S/C18H24Cl2N4O2.HI/c1-21-18(23-10-11-24-16(25)5-2-6-17(24)26)22-9-3-4-13-7-8-14(19)12-15(13)20;/h7-8,12H,2-6,9-11H2,1H3,(H2,21,22,23);1H. The van der Waals surface area contributed by atoms with Crippen LogP contribution in [0.2, 0.25) is 10.0 Å². The molecule has 1 aromatic rings. The van der Waals surface area contributed by atoms with E-state index >= 15 is 0 Å². The molecule has 0 saturated carbocycles. The van der Waals surface area contributed by atoms with E-state index in [1.165, 1.54) is 4.90 Å². The van der Waals surface area contributed by atoms with Crippen molar-refractivity contribution in [3.63, 3.8) is 0 Å². The number of benzene rings is 1. The molecule has 0 atom stereocenters. The van der Waals surface area contributed by atoms with Crippen molar-refractivity contribution in [3.05, 3.63) is 33.8 Å². The maximum atomic E-state index is 11.8. The minimum atomic E-state index is -0.0918. The molecule has 1 aromatic carbocycles. The summed E-state index contributed by atoms with van der Waals surface area (Å²) in [6.45, 7) is 1.55. The van der Waals surface area contributed by atoms with Crippen molar-refractivity contribution < 1.29 is 9.59 Å². The van der Waals surface area contributed by atoms with Crippen LogP contribution in [0, 0.1) is 0 Å². The van der Waals surface area contributed by atoms with Gasteiger partial charge in [0.05, 0.1) is 0 Å². The van der Waals surface area contributed by atoms with Gasteiger partial charge < -0.3 is 10.6 Å². The van der Waals surface area contributed by atoms with Gasteiger partial charge in [-0.1, -0.05) is 29.3 Å². The van der Waals surface area contributed by atoms with Crippen molar-refractivity contribution in [1.82, 2.24) is 15.5 Å². The number of imide groups is 1. The van der Waals surface area contributed by atoms with E-state index in [-0.39, 0.29) is 35.8 Å². The summed E-state index contributed by atoms with van der Waals surface area (Å²) < 4.78 is 0. The second-order valence-electron chi connectivity index (χ2n) is 6.06. The Morgan fingerprint density at radius 1 is 1.15 bits per heavy atom. The molecule has 27 heavy (non-hydrogen) atoms. The van der Waals surface area contributed by atoms with Crippen LogP contribution in [-0.2, 0) is 16.0 Å². The molecule has 9 heteroatoms. The van der Waals surface area contributed by atoms with Gasteiger partial charge in [-0.15, -0.1) is 24.0 Å². The maximum Gasteiger partial charge on any atom is 0.229 e. The molecule has 2 amide bonds. The lowest BCUT2D eigenvalue weighted by Crippen LogP contribution is -2.46. The van der Waals surface area contributed by atoms with Crippen LogP contribution in [0.15, 0.2) is 23.2 Å². The summed E-state index contributed by atoms with van der Waals surface area (Å²) in [5.74, 6) is 0.459. The molecule has 2 N–H and O–H groups in total. The van der Waals surface area contributed by atoms with Gasteiger partial charge in [-0.2, -0.15) is 0 Å². The molecule has 0 aliphatic carbocycles. The van der Waals surface area contributed by atoms with E-state index < -0.39 is 0 Å². The Morgan fingerprint density at radius 3 is 2.44 bits per heavy atom. The molecule has 1 saturated heterocycles. The number of halogens is 3. The summed E-state index contributed by atoms with van der Waals surface area (Å²) in [7, 11) is 1.68. The van der Waals surface area contributed by atoms with Gasteiger partial charge in [0.15, 0.2) is 5.96 Å². The number of aliphatic imine (C=N–C) groups is 1. The van der Waals surface area contributed by atoms with Crippen LogP contribution in [0.1, 0.15) is 31.2 Å². The first kappa shape index (κ1) is 24.0. The predicted octanol–water partition coefficient (Wildman–Crippen LogP) is 3.25. The summed E-state index contributed by atoms with van der Waals surface area (Å²) >= 11 is 12.1. The highest BCUT2D eigenvalue weighted by atomic mass is 127. The van der Waals surface area contributed by atoms with Gasteiger partial charge in [0.1, 0.15) is 0 Å². The first-order valence-electron chi connectivity index (χ1n) is 8.73. The zero-order chi connectivity index (χ0) is 18.9. The quantitative estimate of drug-likeness (QED) is 0.188. The highest BCUT2D eigenvalue weighted by molar-refractivity contribution is 14.0. The fourth-order valence-corrected chi connectivity index (χ4v) is 3.27. The second kappa shape index (κ2) is 12.4. The molecule has 1 heterocycles. The summed E-state index contributed by atoms with van der Waals surface area (Å²) in [6, 6.07) is 5.51. The molecule has 0 spiro atoms. The maximum absolute atomic E-state index is 11.8. The Labute approximate surface area is 187 Å². The highest BCUT2D eigenvalue weighted by Gasteiger charge is 2.25. The fraction of sp³-hybridized carbons (Fsp3) is 0.500. The third kappa shape index (κ3) is 7.83. The lowest BCUT2D eigenvalue weighted by atomic mass is 10.1. The monoisotopic (exact) mass is 526 g/mol. The van der Waals surface area contributed by atoms with Crippen LogP contribution in [0.3, 0.4) is 0 Å². The van der Waals surface area contributed by atoms with Crippen LogP contribution in [0.25, 0.3) is 0 Å². The van der Waals surface area contributed by atoms with Gasteiger partial charge in [-0.25, -0.2) is 0 Å². The molecule has 150 valence electrons. The molecule has 2 rings (SSSR count). The van der Waals surface area contributed by atoms with Crippen molar-refractivity contribution in [2.75, 3.05) is 26.7 Å². The Kier molecular flexibility index (Phi) is 11.0. The Morgan fingerprint density at radius 2 is 1.81 bits per heavy atom. The van der Waals surface area contributed by atoms with Crippen LogP contribution >= 0.6 is 47.2 Å². The number of hydrogen-bond donors (Lipinski definition) is 2. The summed E-state index contributed by atoms with van der Waals surface area (Å²) in [5.41, 5.74) is 1.06. The number of nitrogens with zero attached hydrogens (tertiary/aromatic N) is 2. The van der Waals surface area contributed by atoms with Gasteiger partial charge in [0.2, 0.25) is 11.8 Å². The average molecular weight is 527 g/mol. The smallest absolute Gasteiger partial charge is 0.229 e. The van der Waals surface area contributed by atoms with E-state index in [0.717, 1.165) is 24.9 Å². The summed E-state index contributed by atoms with van der Waals surface area (Å²) in [5, 5.41) is 7.65. The van der Waals surface area contributed by atoms with E-state index in [9.17, 15) is 9.59 Å². The molecule has 6 nitrogen and oxygen atoms in total. The Bertz CT molecular complexity index is 669. The van der Waals surface area contributed by atoms with Crippen LogP contribution in [0.5, 0.6) is 0 Å². The molecule has 0 unspecified atom stereocenters. The lowest BCUT2D eigenvalue weighted by Gasteiger charge is -2.25. The minimum Gasteiger partial charge on any atom is -0.356 e. The first-order chi connectivity index (χ1) is 12.5. The molecule has 1 aliphatic heterocycles.